The second kappa shape index (κ2) is 6.83. The Morgan fingerprint density at radius 1 is 1.25 bits per heavy atom. The lowest BCUT2D eigenvalue weighted by Gasteiger charge is -2.15. The predicted molar refractivity (Wildman–Crippen MR) is 86.6 cm³/mol. The molecule has 0 bridgehead atoms. The molecule has 1 aliphatic rings. The molecule has 0 aromatic carbocycles. The second-order valence-electron chi connectivity index (χ2n) is 5.05. The summed E-state index contributed by atoms with van der Waals surface area (Å²) < 4.78 is 6.78. The van der Waals surface area contributed by atoms with Gasteiger partial charge in [0.15, 0.2) is 22.7 Å². The van der Waals surface area contributed by atoms with E-state index in [1.165, 1.54) is 28.2 Å². The summed E-state index contributed by atoms with van der Waals surface area (Å²) >= 11 is 2.69. The SMILES string of the molecule is CSc1nc(SC)c2c(C#N)nn([C@@H]3O[C@H](CO)[C@@H](O)[C@H]3O)c2n1. The zero-order valence-corrected chi connectivity index (χ0v) is 14.5. The summed E-state index contributed by atoms with van der Waals surface area (Å²) in [5.41, 5.74) is 0.449. The lowest BCUT2D eigenvalue weighted by atomic mass is 10.1. The molecule has 1 fully saturated rings. The Balaban J connectivity index is 2.20. The minimum Gasteiger partial charge on any atom is -0.394 e. The van der Waals surface area contributed by atoms with E-state index >= 15 is 0 Å². The summed E-state index contributed by atoms with van der Waals surface area (Å²) in [6.45, 7) is -0.444. The first-order valence-electron chi connectivity index (χ1n) is 6.96. The maximum atomic E-state index is 10.2. The Labute approximate surface area is 145 Å². The normalized spacial score (nSPS) is 26.8. The van der Waals surface area contributed by atoms with E-state index in [4.69, 9.17) is 4.74 Å². The van der Waals surface area contributed by atoms with Crippen molar-refractivity contribution in [2.75, 3.05) is 19.1 Å². The number of nitriles is 1. The highest BCUT2D eigenvalue weighted by Crippen LogP contribution is 2.34. The van der Waals surface area contributed by atoms with Gasteiger partial charge in [0.25, 0.3) is 0 Å². The van der Waals surface area contributed by atoms with E-state index in [1.54, 1.807) is 0 Å². The van der Waals surface area contributed by atoms with Gasteiger partial charge in [0.05, 0.1) is 12.0 Å². The van der Waals surface area contributed by atoms with Crippen LogP contribution in [0.2, 0.25) is 0 Å². The van der Waals surface area contributed by atoms with E-state index in [2.05, 4.69) is 15.1 Å². The monoisotopic (exact) mass is 369 g/mol. The van der Waals surface area contributed by atoms with Crippen LogP contribution in [-0.4, -0.2) is 72.5 Å². The molecule has 0 unspecified atom stereocenters. The number of rotatable bonds is 4. The van der Waals surface area contributed by atoms with Gasteiger partial charge in [-0.15, -0.1) is 11.8 Å². The van der Waals surface area contributed by atoms with Gasteiger partial charge in [-0.05, 0) is 12.5 Å². The zero-order valence-electron chi connectivity index (χ0n) is 12.8. The highest BCUT2D eigenvalue weighted by molar-refractivity contribution is 7.99. The third-order valence-electron chi connectivity index (χ3n) is 3.74. The minimum absolute atomic E-state index is 0.111. The average molecular weight is 369 g/mol. The van der Waals surface area contributed by atoms with Gasteiger partial charge < -0.3 is 20.1 Å². The molecule has 3 N–H and O–H groups in total. The van der Waals surface area contributed by atoms with Gasteiger partial charge in [0.1, 0.15) is 29.4 Å². The first-order chi connectivity index (χ1) is 11.5. The van der Waals surface area contributed by atoms with E-state index in [-0.39, 0.29) is 5.69 Å². The second-order valence-corrected chi connectivity index (χ2v) is 6.62. The number of fused-ring (bicyclic) bond motifs is 1. The summed E-state index contributed by atoms with van der Waals surface area (Å²) in [7, 11) is 0. The van der Waals surface area contributed by atoms with Gasteiger partial charge in [-0.25, -0.2) is 14.6 Å². The molecular formula is C13H15N5O4S2. The van der Waals surface area contributed by atoms with E-state index in [0.29, 0.717) is 21.2 Å². The van der Waals surface area contributed by atoms with Crippen LogP contribution in [0, 0.1) is 11.3 Å². The highest BCUT2D eigenvalue weighted by Gasteiger charge is 2.45. The molecule has 4 atom stereocenters. The van der Waals surface area contributed by atoms with Gasteiger partial charge in [-0.2, -0.15) is 10.4 Å². The zero-order chi connectivity index (χ0) is 17.4. The summed E-state index contributed by atoms with van der Waals surface area (Å²) in [5.74, 6) is 0. The van der Waals surface area contributed by atoms with Crippen LogP contribution in [0.25, 0.3) is 11.0 Å². The predicted octanol–water partition coefficient (Wildman–Crippen LogP) is -0.247. The molecule has 1 saturated heterocycles. The van der Waals surface area contributed by atoms with Crippen molar-refractivity contribution in [3.05, 3.63) is 5.69 Å². The largest absolute Gasteiger partial charge is 0.394 e. The smallest absolute Gasteiger partial charge is 0.190 e. The van der Waals surface area contributed by atoms with Gasteiger partial charge in [-0.1, -0.05) is 11.8 Å². The highest BCUT2D eigenvalue weighted by atomic mass is 32.2. The first-order valence-corrected chi connectivity index (χ1v) is 9.41. The molecule has 0 saturated carbocycles. The van der Waals surface area contributed by atoms with Crippen molar-refractivity contribution in [1.82, 2.24) is 19.7 Å². The van der Waals surface area contributed by atoms with Crippen LogP contribution < -0.4 is 0 Å². The molecule has 3 rings (SSSR count). The summed E-state index contributed by atoms with van der Waals surface area (Å²) in [6.07, 6.45) is -0.896. The van der Waals surface area contributed by atoms with Gasteiger partial charge in [0, 0.05) is 0 Å². The molecule has 1 aliphatic heterocycles. The molecule has 0 aliphatic carbocycles. The van der Waals surface area contributed by atoms with Crippen LogP contribution in [0.15, 0.2) is 10.2 Å². The number of nitrogens with zero attached hydrogens (tertiary/aromatic N) is 5. The van der Waals surface area contributed by atoms with Gasteiger partial charge >= 0.3 is 0 Å². The first kappa shape index (κ1) is 17.4. The third kappa shape index (κ3) is 2.65. The number of hydrogen-bond acceptors (Lipinski definition) is 10. The topological polar surface area (TPSA) is 137 Å². The Morgan fingerprint density at radius 3 is 2.54 bits per heavy atom. The standard InChI is InChI=1S/C13H15N5O4S2/c1-23-11-7-5(3-14)17-18(10(7)15-13(16-11)24-2)12-9(21)8(20)6(4-19)22-12/h6,8-9,12,19-21H,4H2,1-2H3/t6-,8-,9-,12-/m1/s1. The molecule has 11 heteroatoms. The quantitative estimate of drug-likeness (QED) is 0.376. The maximum Gasteiger partial charge on any atom is 0.190 e. The van der Waals surface area contributed by atoms with Crippen molar-refractivity contribution in [2.24, 2.45) is 0 Å². The van der Waals surface area contributed by atoms with E-state index in [9.17, 15) is 20.6 Å². The Hall–Kier alpha value is -1.42. The summed E-state index contributed by atoms with van der Waals surface area (Å²) in [5, 5.41) is 44.5. The number of hydrogen-bond donors (Lipinski definition) is 3. The number of ether oxygens (including phenoxy) is 1. The maximum absolute atomic E-state index is 10.2. The van der Waals surface area contributed by atoms with Crippen molar-refractivity contribution in [2.45, 2.75) is 34.7 Å². The molecule has 0 amide bonds. The fraction of sp³-hybridized carbons (Fsp3) is 0.538. The molecule has 3 heterocycles. The Bertz CT molecular complexity index is 808. The lowest BCUT2D eigenvalue weighted by Crippen LogP contribution is -2.33. The van der Waals surface area contributed by atoms with Crippen molar-refractivity contribution >= 4 is 34.6 Å². The molecule has 0 spiro atoms. The number of thioether (sulfide) groups is 2. The summed E-state index contributed by atoms with van der Waals surface area (Å²) in [6, 6.07) is 2.00. The third-order valence-corrected chi connectivity index (χ3v) is 4.97. The molecule has 128 valence electrons. The lowest BCUT2D eigenvalue weighted by molar-refractivity contribution is -0.0567. The van der Waals surface area contributed by atoms with Crippen molar-refractivity contribution in [3.8, 4) is 6.07 Å². The Kier molecular flexibility index (Phi) is 4.95. The van der Waals surface area contributed by atoms with Crippen LogP contribution in [0.3, 0.4) is 0 Å². The molecule has 2 aromatic rings. The molecule has 9 nitrogen and oxygen atoms in total. The molecule has 24 heavy (non-hydrogen) atoms. The van der Waals surface area contributed by atoms with Crippen molar-refractivity contribution in [1.29, 1.82) is 5.26 Å². The summed E-state index contributed by atoms with van der Waals surface area (Å²) in [4.78, 5) is 8.75. The Morgan fingerprint density at radius 2 is 2.00 bits per heavy atom. The van der Waals surface area contributed by atoms with Crippen LogP contribution in [0.5, 0.6) is 0 Å². The van der Waals surface area contributed by atoms with Crippen LogP contribution in [0.1, 0.15) is 11.9 Å². The molecule has 2 aromatic heterocycles. The van der Waals surface area contributed by atoms with Gasteiger partial charge in [0.2, 0.25) is 0 Å². The van der Waals surface area contributed by atoms with Gasteiger partial charge in [-0.3, -0.25) is 0 Å². The van der Waals surface area contributed by atoms with E-state index in [1.807, 2.05) is 18.6 Å². The number of aliphatic hydroxyl groups excluding tert-OH is 3. The molecule has 0 radical (unpaired) electrons. The van der Waals surface area contributed by atoms with Crippen LogP contribution in [-0.2, 0) is 4.74 Å². The number of aliphatic hydroxyl groups is 3. The van der Waals surface area contributed by atoms with E-state index in [0.717, 1.165) is 0 Å². The molecular weight excluding hydrogens is 354 g/mol. The van der Waals surface area contributed by atoms with Crippen LogP contribution >= 0.6 is 23.5 Å². The van der Waals surface area contributed by atoms with E-state index < -0.39 is 31.1 Å². The fourth-order valence-electron chi connectivity index (χ4n) is 2.56. The minimum atomic E-state index is -1.30. The van der Waals surface area contributed by atoms with Crippen molar-refractivity contribution < 1.29 is 20.1 Å². The number of aromatic nitrogens is 4. The van der Waals surface area contributed by atoms with Crippen LogP contribution in [0.4, 0.5) is 0 Å². The fourth-order valence-corrected chi connectivity index (χ4v) is 3.55. The van der Waals surface area contributed by atoms with Crippen molar-refractivity contribution in [3.63, 3.8) is 0 Å². The average Bonchev–Trinajstić information content (AvgIpc) is 3.12.